The Morgan fingerprint density at radius 1 is 0.900 bits per heavy atom. The van der Waals surface area contributed by atoms with E-state index in [0.717, 1.165) is 15.8 Å². The van der Waals surface area contributed by atoms with Crippen LogP contribution >= 0.6 is 26.6 Å². The van der Waals surface area contributed by atoms with Crippen LogP contribution in [0.3, 0.4) is 0 Å². The quantitative estimate of drug-likeness (QED) is 0.313. The number of rotatable bonds is 5. The van der Waals surface area contributed by atoms with Crippen molar-refractivity contribution in [3.63, 3.8) is 0 Å². The van der Waals surface area contributed by atoms with E-state index in [0.29, 0.717) is 11.1 Å². The number of methoxy groups -OCH3 is 2. The van der Waals surface area contributed by atoms with E-state index < -0.39 is 9.05 Å². The fraction of sp³-hybridized carbons (Fsp3) is 0.136. The molecule has 8 heteroatoms. The Bertz CT molecular complexity index is 1130. The van der Waals surface area contributed by atoms with E-state index in [-0.39, 0.29) is 16.4 Å². The van der Waals surface area contributed by atoms with Crippen molar-refractivity contribution < 1.29 is 22.7 Å². The smallest absolute Gasteiger partial charge is 0.265 e. The van der Waals surface area contributed by atoms with Gasteiger partial charge in [0.15, 0.2) is 5.78 Å². The van der Waals surface area contributed by atoms with Crippen molar-refractivity contribution in [2.75, 3.05) is 14.2 Å². The third-order valence-corrected chi connectivity index (χ3v) is 5.95. The van der Waals surface area contributed by atoms with Crippen LogP contribution in [0.2, 0.25) is 0 Å². The SMILES string of the molecule is COc1ccc(-c2cccc(C(C)=O)c2)cc1S(=O)(=O)Cl.COc1ccc(Br)cc1. The molecule has 0 bridgehead atoms. The molecule has 0 aliphatic heterocycles. The molecule has 3 aromatic rings. The molecule has 0 aromatic heterocycles. The summed E-state index contributed by atoms with van der Waals surface area (Å²) in [4.78, 5) is 11.3. The van der Waals surface area contributed by atoms with E-state index in [4.69, 9.17) is 20.2 Å². The van der Waals surface area contributed by atoms with Crippen LogP contribution in [0.1, 0.15) is 17.3 Å². The molecular formula is C22H20BrClO5S. The van der Waals surface area contributed by atoms with Gasteiger partial charge < -0.3 is 9.47 Å². The summed E-state index contributed by atoms with van der Waals surface area (Å²) in [5, 5.41) is 0. The molecule has 30 heavy (non-hydrogen) atoms. The monoisotopic (exact) mass is 510 g/mol. The van der Waals surface area contributed by atoms with Crippen LogP contribution in [0.25, 0.3) is 11.1 Å². The van der Waals surface area contributed by atoms with E-state index in [1.54, 1.807) is 37.4 Å². The van der Waals surface area contributed by atoms with E-state index in [9.17, 15) is 13.2 Å². The lowest BCUT2D eigenvalue weighted by molar-refractivity contribution is 0.101. The molecule has 0 fully saturated rings. The van der Waals surface area contributed by atoms with Crippen molar-refractivity contribution in [3.8, 4) is 22.6 Å². The van der Waals surface area contributed by atoms with Crippen molar-refractivity contribution in [1.29, 1.82) is 0 Å². The first-order valence-corrected chi connectivity index (χ1v) is 11.8. The molecule has 158 valence electrons. The number of ether oxygens (including phenoxy) is 2. The van der Waals surface area contributed by atoms with E-state index >= 15 is 0 Å². The number of hydrogen-bond acceptors (Lipinski definition) is 5. The number of hydrogen-bond donors (Lipinski definition) is 0. The second kappa shape index (κ2) is 10.6. The van der Waals surface area contributed by atoms with Crippen LogP contribution in [-0.4, -0.2) is 28.4 Å². The minimum atomic E-state index is -3.92. The van der Waals surface area contributed by atoms with E-state index in [1.807, 2.05) is 24.3 Å². The molecule has 0 atom stereocenters. The van der Waals surface area contributed by atoms with Gasteiger partial charge in [-0.25, -0.2) is 8.42 Å². The van der Waals surface area contributed by atoms with Crippen molar-refractivity contribution in [2.45, 2.75) is 11.8 Å². The first-order chi connectivity index (χ1) is 14.2. The Hall–Kier alpha value is -2.35. The van der Waals surface area contributed by atoms with Crippen LogP contribution in [0.4, 0.5) is 0 Å². The molecule has 3 rings (SSSR count). The lowest BCUT2D eigenvalue weighted by atomic mass is 10.0. The van der Waals surface area contributed by atoms with Crippen LogP contribution in [0, 0.1) is 0 Å². The fourth-order valence-electron chi connectivity index (χ4n) is 2.54. The molecule has 0 saturated carbocycles. The number of carbonyl (C=O) groups is 1. The van der Waals surface area contributed by atoms with Gasteiger partial charge in [0.2, 0.25) is 0 Å². The molecule has 5 nitrogen and oxygen atoms in total. The minimum Gasteiger partial charge on any atom is -0.497 e. The second-order valence-electron chi connectivity index (χ2n) is 6.10. The van der Waals surface area contributed by atoms with Gasteiger partial charge in [-0.1, -0.05) is 40.2 Å². The maximum atomic E-state index is 11.6. The highest BCUT2D eigenvalue weighted by Crippen LogP contribution is 2.32. The Morgan fingerprint density at radius 3 is 2.07 bits per heavy atom. The lowest BCUT2D eigenvalue weighted by Crippen LogP contribution is -1.97. The minimum absolute atomic E-state index is 0.0597. The summed E-state index contributed by atoms with van der Waals surface area (Å²) in [6.07, 6.45) is 0. The number of halogens is 2. The summed E-state index contributed by atoms with van der Waals surface area (Å²) in [7, 11) is 4.53. The maximum Gasteiger partial charge on any atom is 0.265 e. The summed E-state index contributed by atoms with van der Waals surface area (Å²) in [6.45, 7) is 1.47. The average molecular weight is 512 g/mol. The topological polar surface area (TPSA) is 69.7 Å². The van der Waals surface area contributed by atoms with Crippen LogP contribution in [0.15, 0.2) is 76.1 Å². The number of ketones is 1. The van der Waals surface area contributed by atoms with Crippen LogP contribution in [0.5, 0.6) is 11.5 Å². The number of Topliss-reactive ketones (excluding diaryl/α,β-unsaturated/α-hetero) is 1. The predicted octanol–water partition coefficient (Wildman–Crippen LogP) is 5.95. The molecule has 0 amide bonds. The summed E-state index contributed by atoms with van der Waals surface area (Å²) in [6, 6.07) is 19.3. The van der Waals surface area contributed by atoms with Gasteiger partial charge in [-0.2, -0.15) is 0 Å². The summed E-state index contributed by atoms with van der Waals surface area (Å²) in [5.74, 6) is 1.00. The number of benzene rings is 3. The van der Waals surface area contributed by atoms with Gasteiger partial charge in [0, 0.05) is 20.7 Å². The zero-order valence-corrected chi connectivity index (χ0v) is 19.7. The van der Waals surface area contributed by atoms with Crippen molar-refractivity contribution in [1.82, 2.24) is 0 Å². The number of carbonyl (C=O) groups excluding carboxylic acids is 1. The maximum absolute atomic E-state index is 11.6. The van der Waals surface area contributed by atoms with Gasteiger partial charge in [0.05, 0.1) is 14.2 Å². The summed E-state index contributed by atoms with van der Waals surface area (Å²) in [5.41, 5.74) is 1.92. The van der Waals surface area contributed by atoms with Crippen molar-refractivity contribution in [2.24, 2.45) is 0 Å². The summed E-state index contributed by atoms with van der Waals surface area (Å²) >= 11 is 3.32. The molecule has 0 radical (unpaired) electrons. The van der Waals surface area contributed by atoms with E-state index in [1.165, 1.54) is 26.2 Å². The molecular weight excluding hydrogens is 492 g/mol. The largest absolute Gasteiger partial charge is 0.497 e. The second-order valence-corrected chi connectivity index (χ2v) is 9.55. The zero-order chi connectivity index (χ0) is 22.3. The normalized spacial score (nSPS) is 10.6. The van der Waals surface area contributed by atoms with Crippen molar-refractivity contribution in [3.05, 3.63) is 76.8 Å². The van der Waals surface area contributed by atoms with Gasteiger partial charge in [0.1, 0.15) is 16.4 Å². The summed E-state index contributed by atoms with van der Waals surface area (Å²) < 4.78 is 34.2. The molecule has 0 aliphatic rings. The van der Waals surface area contributed by atoms with Gasteiger partial charge in [-0.05, 0) is 60.5 Å². The molecule has 3 aromatic carbocycles. The first-order valence-electron chi connectivity index (χ1n) is 8.69. The zero-order valence-electron chi connectivity index (χ0n) is 16.6. The van der Waals surface area contributed by atoms with Crippen molar-refractivity contribution >= 4 is 41.4 Å². The third-order valence-electron chi connectivity index (χ3n) is 4.08. The fourth-order valence-corrected chi connectivity index (χ4v) is 3.82. The van der Waals surface area contributed by atoms with E-state index in [2.05, 4.69) is 15.9 Å². The van der Waals surface area contributed by atoms with Gasteiger partial charge in [0.25, 0.3) is 9.05 Å². The highest BCUT2D eigenvalue weighted by molar-refractivity contribution is 9.10. The molecule has 0 aliphatic carbocycles. The predicted molar refractivity (Wildman–Crippen MR) is 122 cm³/mol. The Balaban J connectivity index is 0.000000297. The molecule has 0 N–H and O–H groups in total. The van der Waals surface area contributed by atoms with Gasteiger partial charge in [-0.15, -0.1) is 0 Å². The van der Waals surface area contributed by atoms with Crippen LogP contribution < -0.4 is 9.47 Å². The lowest BCUT2D eigenvalue weighted by Gasteiger charge is -2.09. The highest BCUT2D eigenvalue weighted by atomic mass is 79.9. The molecule has 0 unspecified atom stereocenters. The average Bonchev–Trinajstić information content (AvgIpc) is 2.73. The highest BCUT2D eigenvalue weighted by Gasteiger charge is 2.18. The molecule has 0 saturated heterocycles. The standard InChI is InChI=1S/C15H13ClO4S.C7H7BrO/c1-10(17)11-4-3-5-12(8-11)13-6-7-14(20-2)15(9-13)21(16,18)19;1-9-7-4-2-6(8)3-5-7/h3-9H,1-2H3;2-5H,1H3. The Morgan fingerprint density at radius 2 is 1.53 bits per heavy atom. The molecule has 0 heterocycles. The Labute approximate surface area is 189 Å². The Kier molecular flexibility index (Phi) is 8.46. The van der Waals surface area contributed by atoms with Gasteiger partial charge >= 0.3 is 0 Å². The third kappa shape index (κ3) is 6.58. The molecule has 0 spiro atoms. The first kappa shape index (κ1) is 23.9. The van der Waals surface area contributed by atoms with Crippen LogP contribution in [-0.2, 0) is 9.05 Å². The van der Waals surface area contributed by atoms with Gasteiger partial charge in [-0.3, -0.25) is 4.79 Å².